The fourth-order valence-corrected chi connectivity index (χ4v) is 13.2. The normalized spacial score (nSPS) is 48.3. The number of carbonyl (C=O) groups excluding carboxylic acids is 3. The Bertz CT molecular complexity index is 2720. The zero-order valence-electron chi connectivity index (χ0n) is 55.2. The van der Waals surface area contributed by atoms with Gasteiger partial charge >= 0.3 is 5.97 Å². The molecule has 8 fully saturated rings. The Morgan fingerprint density at radius 1 is 0.417 bits per heavy atom. The molecule has 41 atom stereocenters. The standard InChI is InChI=1S/C57H95N3O43/c1-13-28(72)34(78)38(82)52(90-13)100-46-27(60-16(4)69)50(95-23(11-66)43(46)98-53-39(83)35(79)30(74)19(7-62)93-53)89-12-24-33(77)47(40(84)54(96-24)97-42-22(10-65)91-49(86)37(81)36(42)80)101-51-26(59-15(3)68)44(31(75)20(8-63)92-51)99-55-41(85)48(32(76)21(9-64)94-55)103-57(56(87)88)5-17(70)25(58-14(2)67)45(102-57)29(73)18(71)6-61/h13,17-55,61-66,70-86H,5-12H2,1-4H3,(H,58,67)(H,59,68)(H,60,69)(H,87,88)/t13-,17-,18+,19+,20+,21+,22+,23+,24+,25+,26+,27+,28+,29+,30-,31+,32-,33-,34+,35-,36+,37+,38-,39+,40+,41+,42+,43+,44+,45+,46+,47-,48-,49?,50+,51-,52-,53?,54-,55-,57-/m0/s1. The number of nitrogens with one attached hydrogen (secondary N) is 3. The molecule has 8 heterocycles. The summed E-state index contributed by atoms with van der Waals surface area (Å²) < 4.78 is 88.3. The molecule has 27 N–H and O–H groups in total. The number of hydrogen-bond donors (Lipinski definition) is 27. The summed E-state index contributed by atoms with van der Waals surface area (Å²) in [5.41, 5.74) is 0. The maximum Gasteiger partial charge on any atom is 0.364 e. The molecule has 596 valence electrons. The molecule has 46 heteroatoms. The Kier molecular flexibility index (Phi) is 29.9. The van der Waals surface area contributed by atoms with Gasteiger partial charge < -0.3 is 210 Å². The van der Waals surface area contributed by atoms with Gasteiger partial charge in [-0.1, -0.05) is 0 Å². The summed E-state index contributed by atoms with van der Waals surface area (Å²) >= 11 is 0. The van der Waals surface area contributed by atoms with Gasteiger partial charge in [-0.05, 0) is 6.92 Å². The molecule has 0 radical (unpaired) electrons. The van der Waals surface area contributed by atoms with Crippen molar-refractivity contribution in [3.8, 4) is 0 Å². The molecular formula is C57H95N3O43. The number of rotatable bonds is 27. The van der Waals surface area contributed by atoms with Crippen LogP contribution in [0.25, 0.3) is 0 Å². The highest BCUT2D eigenvalue weighted by Gasteiger charge is 2.63. The van der Waals surface area contributed by atoms with Gasteiger partial charge in [-0.2, -0.15) is 0 Å². The van der Waals surface area contributed by atoms with Gasteiger partial charge in [0.1, 0.15) is 183 Å². The average molecular weight is 1510 g/mol. The minimum absolute atomic E-state index is 0.874. The lowest BCUT2D eigenvalue weighted by Crippen LogP contribution is -2.71. The summed E-state index contributed by atoms with van der Waals surface area (Å²) in [4.78, 5) is 52.0. The summed E-state index contributed by atoms with van der Waals surface area (Å²) in [6.07, 6.45) is -79.2. The van der Waals surface area contributed by atoms with E-state index in [2.05, 4.69) is 16.0 Å². The fourth-order valence-electron chi connectivity index (χ4n) is 13.2. The summed E-state index contributed by atoms with van der Waals surface area (Å²) in [5.74, 6) is -8.32. The molecule has 0 aromatic carbocycles. The van der Waals surface area contributed by atoms with Crippen molar-refractivity contribution in [2.75, 3.05) is 46.2 Å². The Labute approximate surface area is 582 Å². The Morgan fingerprint density at radius 2 is 0.835 bits per heavy atom. The lowest BCUT2D eigenvalue weighted by Gasteiger charge is -2.51. The number of ether oxygens (including phenoxy) is 15. The molecule has 3 amide bonds. The number of amides is 3. The number of carboxylic acids is 1. The molecule has 0 aliphatic carbocycles. The second-order valence-electron chi connectivity index (χ2n) is 26.0. The number of carboxylic acid groups (broad SMARTS) is 1. The van der Waals surface area contributed by atoms with Gasteiger partial charge in [0.2, 0.25) is 17.7 Å². The number of hydrogen-bond acceptors (Lipinski definition) is 42. The smallest absolute Gasteiger partial charge is 0.364 e. The van der Waals surface area contributed by atoms with E-state index >= 15 is 0 Å². The van der Waals surface area contributed by atoms with Crippen molar-refractivity contribution in [1.82, 2.24) is 16.0 Å². The second kappa shape index (κ2) is 36.3. The van der Waals surface area contributed by atoms with Crippen LogP contribution in [-0.4, -0.2) is 444 Å². The van der Waals surface area contributed by atoms with Crippen LogP contribution < -0.4 is 16.0 Å². The quantitative estimate of drug-likeness (QED) is 0.0363. The molecule has 0 saturated carbocycles. The first-order valence-corrected chi connectivity index (χ1v) is 32.6. The number of aliphatic hydroxyl groups is 23. The molecule has 0 aromatic heterocycles. The van der Waals surface area contributed by atoms with Gasteiger partial charge in [0.25, 0.3) is 5.79 Å². The third-order valence-electron chi connectivity index (χ3n) is 18.8. The van der Waals surface area contributed by atoms with E-state index in [-0.39, 0.29) is 0 Å². The molecular weight excluding hydrogens is 1410 g/mol. The predicted octanol–water partition coefficient (Wildman–Crippen LogP) is -17.8. The van der Waals surface area contributed by atoms with Gasteiger partial charge in [0.15, 0.2) is 44.0 Å². The van der Waals surface area contributed by atoms with Crippen LogP contribution in [0.4, 0.5) is 0 Å². The second-order valence-corrected chi connectivity index (χ2v) is 26.0. The molecule has 8 saturated heterocycles. The fraction of sp³-hybridized carbons (Fsp3) is 0.930. The van der Waals surface area contributed by atoms with E-state index in [1.54, 1.807) is 0 Å². The van der Waals surface area contributed by atoms with Crippen LogP contribution in [0, 0.1) is 0 Å². The van der Waals surface area contributed by atoms with Gasteiger partial charge in [0, 0.05) is 27.2 Å². The minimum Gasteiger partial charge on any atom is -0.477 e. The lowest BCUT2D eigenvalue weighted by atomic mass is 9.88. The molecule has 0 spiro atoms. The van der Waals surface area contributed by atoms with Gasteiger partial charge in [-0.25, -0.2) is 4.79 Å². The van der Waals surface area contributed by atoms with Crippen molar-refractivity contribution in [2.45, 2.75) is 285 Å². The Morgan fingerprint density at radius 3 is 1.38 bits per heavy atom. The highest BCUT2D eigenvalue weighted by Crippen LogP contribution is 2.41. The highest BCUT2D eigenvalue weighted by atomic mass is 16.8. The van der Waals surface area contributed by atoms with Crippen LogP contribution >= 0.6 is 0 Å². The largest absolute Gasteiger partial charge is 0.477 e. The van der Waals surface area contributed by atoms with Crippen molar-refractivity contribution in [3.05, 3.63) is 0 Å². The summed E-state index contributed by atoms with van der Waals surface area (Å²) in [6.45, 7) is -3.92. The molecule has 0 aromatic rings. The van der Waals surface area contributed by atoms with Crippen LogP contribution in [-0.2, 0) is 90.2 Å². The summed E-state index contributed by atoms with van der Waals surface area (Å²) in [6, 6.07) is -5.70. The van der Waals surface area contributed by atoms with Crippen LogP contribution in [0.5, 0.6) is 0 Å². The molecule has 8 rings (SSSR count). The first kappa shape index (κ1) is 85.0. The van der Waals surface area contributed by atoms with E-state index in [1.165, 1.54) is 6.92 Å². The minimum atomic E-state index is -3.31. The van der Waals surface area contributed by atoms with E-state index in [0.29, 0.717) is 0 Å². The van der Waals surface area contributed by atoms with Gasteiger partial charge in [0.05, 0.1) is 64.5 Å². The SMILES string of the molecule is CC(=O)N[C@H]1[C@H](OC[C@H]2O[C@@H](O[C@H]3[C@H](O)[C@@H](O)C(O)O[C@@H]3CO)[C@H](O)[C@@H](O[C@@H]3O[C@H](CO)[C@@H](O)[C@H](O[C@@H]4O[C@H](CO)[C@H](O)[C@H](O[C@]5(C(=O)O)C[C@H](O)[C@@H](NC(C)=O)[C@H]([C@H](O)[C@H](O)CO)O5)[C@H]4O)[C@H]3NC(C)=O)[C@H]2O)O[C@H](CO)[C@@H](OC2O[C@H](CO)[C@H](O)[C@H](O)[C@H]2O)[C@@H]1O[C@@H]1O[C@@H](C)[C@@H](O)[C@@H](O)[C@@H]1O. The number of carbonyl (C=O) groups is 4. The number of aliphatic carboxylic acids is 1. The van der Waals surface area contributed by atoms with Crippen LogP contribution in [0.15, 0.2) is 0 Å². The van der Waals surface area contributed by atoms with E-state index in [4.69, 9.17) is 71.1 Å². The predicted molar refractivity (Wildman–Crippen MR) is 315 cm³/mol. The Balaban J connectivity index is 1.13. The van der Waals surface area contributed by atoms with E-state index < -0.39 is 327 Å². The van der Waals surface area contributed by atoms with Crippen LogP contribution in [0.1, 0.15) is 34.1 Å². The van der Waals surface area contributed by atoms with Crippen molar-refractivity contribution in [1.29, 1.82) is 0 Å². The van der Waals surface area contributed by atoms with Crippen molar-refractivity contribution in [2.24, 2.45) is 0 Å². The molecule has 8 aliphatic heterocycles. The molecule has 103 heavy (non-hydrogen) atoms. The Hall–Kier alpha value is -3.64. The van der Waals surface area contributed by atoms with E-state index in [1.807, 2.05) is 0 Å². The first-order chi connectivity index (χ1) is 48.5. The average Bonchev–Trinajstić information content (AvgIpc) is 0.774. The van der Waals surface area contributed by atoms with Crippen LogP contribution in [0.2, 0.25) is 0 Å². The third-order valence-corrected chi connectivity index (χ3v) is 18.8. The van der Waals surface area contributed by atoms with Crippen molar-refractivity contribution < 1.29 is 213 Å². The highest BCUT2D eigenvalue weighted by molar-refractivity contribution is 5.77. The maximum absolute atomic E-state index is 13.3. The summed E-state index contributed by atoms with van der Waals surface area (Å²) in [5, 5.41) is 270. The van der Waals surface area contributed by atoms with Crippen molar-refractivity contribution >= 4 is 23.7 Å². The van der Waals surface area contributed by atoms with Crippen molar-refractivity contribution in [3.63, 3.8) is 0 Å². The van der Waals surface area contributed by atoms with E-state index in [9.17, 15) is 142 Å². The molecule has 46 nitrogen and oxygen atoms in total. The third kappa shape index (κ3) is 18.5. The van der Waals surface area contributed by atoms with Gasteiger partial charge in [-0.15, -0.1) is 0 Å². The number of aliphatic hydroxyl groups excluding tert-OH is 23. The molecule has 2 unspecified atom stereocenters. The summed E-state index contributed by atoms with van der Waals surface area (Å²) in [7, 11) is 0. The lowest BCUT2D eigenvalue weighted by molar-refractivity contribution is -0.391. The zero-order chi connectivity index (χ0) is 76.3. The molecule has 8 aliphatic rings. The first-order valence-electron chi connectivity index (χ1n) is 32.6. The van der Waals surface area contributed by atoms with Crippen LogP contribution in [0.3, 0.4) is 0 Å². The monoisotopic (exact) mass is 1510 g/mol. The topological polar surface area (TPSA) is 728 Å². The molecule has 0 bridgehead atoms. The van der Waals surface area contributed by atoms with Gasteiger partial charge in [-0.3, -0.25) is 14.4 Å². The van der Waals surface area contributed by atoms with E-state index in [0.717, 1.165) is 20.8 Å². The zero-order valence-corrected chi connectivity index (χ0v) is 55.2. The maximum atomic E-state index is 13.3.